The van der Waals surface area contributed by atoms with E-state index in [-0.39, 0.29) is 29.9 Å². The van der Waals surface area contributed by atoms with Crippen LogP contribution in [0.5, 0.6) is 0 Å². The number of nitrogens with zero attached hydrogens (tertiary/aromatic N) is 2. The standard InChI is InChI=1S/C20H30N4O2S/c1-23-15(6-7-18(25)21-12-16-3-2-10-27-16)11-22-20(26)19-17(23)8-9-24(19)13-14-4-5-14/h2-3,10,14-15,17,19H,4-9,11-13H2,1H3,(H,21,25)(H,22,26). The van der Waals surface area contributed by atoms with Gasteiger partial charge in [0.1, 0.15) is 6.04 Å². The highest BCUT2D eigenvalue weighted by atomic mass is 32.1. The van der Waals surface area contributed by atoms with Crippen molar-refractivity contribution >= 4 is 23.2 Å². The first-order chi connectivity index (χ1) is 13.1. The number of hydrogen-bond acceptors (Lipinski definition) is 5. The number of carbonyl (C=O) groups is 2. The van der Waals surface area contributed by atoms with Gasteiger partial charge in [-0.1, -0.05) is 6.07 Å². The molecule has 2 saturated heterocycles. The molecule has 2 N–H and O–H groups in total. The minimum Gasteiger partial charge on any atom is -0.353 e. The van der Waals surface area contributed by atoms with Crippen molar-refractivity contribution in [2.45, 2.75) is 56.8 Å². The van der Waals surface area contributed by atoms with E-state index in [0.717, 1.165) is 31.8 Å². The molecule has 0 aromatic carbocycles. The summed E-state index contributed by atoms with van der Waals surface area (Å²) in [6.45, 7) is 3.32. The predicted molar refractivity (Wildman–Crippen MR) is 106 cm³/mol. The Morgan fingerprint density at radius 1 is 1.37 bits per heavy atom. The van der Waals surface area contributed by atoms with E-state index < -0.39 is 0 Å². The van der Waals surface area contributed by atoms with Gasteiger partial charge in [-0.05, 0) is 50.1 Å². The summed E-state index contributed by atoms with van der Waals surface area (Å²) in [5.41, 5.74) is 0. The van der Waals surface area contributed by atoms with Crippen LogP contribution in [0.15, 0.2) is 17.5 Å². The fourth-order valence-corrected chi connectivity index (χ4v) is 5.12. The van der Waals surface area contributed by atoms with Gasteiger partial charge in [0.2, 0.25) is 11.8 Å². The van der Waals surface area contributed by atoms with Crippen LogP contribution >= 0.6 is 11.3 Å². The van der Waals surface area contributed by atoms with Crippen LogP contribution < -0.4 is 10.6 Å². The summed E-state index contributed by atoms with van der Waals surface area (Å²) >= 11 is 1.66. The largest absolute Gasteiger partial charge is 0.353 e. The normalized spacial score (nSPS) is 29.2. The number of rotatable bonds is 7. The van der Waals surface area contributed by atoms with E-state index in [1.165, 1.54) is 17.7 Å². The zero-order valence-corrected chi connectivity index (χ0v) is 16.8. The van der Waals surface area contributed by atoms with Gasteiger partial charge in [-0.25, -0.2) is 0 Å². The van der Waals surface area contributed by atoms with Gasteiger partial charge in [-0.2, -0.15) is 0 Å². The van der Waals surface area contributed by atoms with Crippen LogP contribution in [0.4, 0.5) is 0 Å². The van der Waals surface area contributed by atoms with Gasteiger partial charge in [-0.3, -0.25) is 19.4 Å². The zero-order chi connectivity index (χ0) is 18.8. The number of hydrogen-bond donors (Lipinski definition) is 2. The lowest BCUT2D eigenvalue weighted by molar-refractivity contribution is -0.126. The van der Waals surface area contributed by atoms with Crippen molar-refractivity contribution in [3.8, 4) is 0 Å². The van der Waals surface area contributed by atoms with E-state index >= 15 is 0 Å². The lowest BCUT2D eigenvalue weighted by Crippen LogP contribution is -2.50. The van der Waals surface area contributed by atoms with Crippen molar-refractivity contribution in [3.63, 3.8) is 0 Å². The van der Waals surface area contributed by atoms with Crippen LogP contribution in [0.2, 0.25) is 0 Å². The van der Waals surface area contributed by atoms with Gasteiger partial charge in [0.05, 0.1) is 6.54 Å². The maximum absolute atomic E-state index is 12.7. The Morgan fingerprint density at radius 3 is 2.96 bits per heavy atom. The maximum atomic E-state index is 12.7. The molecule has 148 valence electrons. The van der Waals surface area contributed by atoms with Gasteiger partial charge < -0.3 is 10.6 Å². The van der Waals surface area contributed by atoms with Crippen LogP contribution in [0, 0.1) is 5.92 Å². The average Bonchev–Trinajstić information content (AvgIpc) is 3.18. The highest BCUT2D eigenvalue weighted by Crippen LogP contribution is 2.34. The molecule has 3 heterocycles. The van der Waals surface area contributed by atoms with Crippen LogP contribution in [0.3, 0.4) is 0 Å². The summed E-state index contributed by atoms with van der Waals surface area (Å²) in [5, 5.41) is 8.17. The van der Waals surface area contributed by atoms with E-state index in [1.807, 2.05) is 17.5 Å². The molecule has 0 spiro atoms. The Labute approximate surface area is 165 Å². The number of nitrogens with one attached hydrogen (secondary N) is 2. The van der Waals surface area contributed by atoms with Crippen molar-refractivity contribution in [1.29, 1.82) is 0 Å². The van der Waals surface area contributed by atoms with Crippen LogP contribution in [-0.2, 0) is 16.1 Å². The molecule has 0 bridgehead atoms. The maximum Gasteiger partial charge on any atom is 0.239 e. The first kappa shape index (κ1) is 18.9. The van der Waals surface area contributed by atoms with Gasteiger partial charge in [-0.15, -0.1) is 11.3 Å². The molecule has 1 saturated carbocycles. The number of fused-ring (bicyclic) bond motifs is 1. The number of carbonyl (C=O) groups excluding carboxylic acids is 2. The molecular weight excluding hydrogens is 360 g/mol. The third-order valence-corrected chi connectivity index (χ3v) is 7.16. The van der Waals surface area contributed by atoms with Gasteiger partial charge in [0, 0.05) is 43.0 Å². The first-order valence-corrected chi connectivity index (χ1v) is 11.0. The molecule has 4 rings (SSSR count). The van der Waals surface area contributed by atoms with Gasteiger partial charge in [0.15, 0.2) is 0 Å². The smallest absolute Gasteiger partial charge is 0.239 e. The second-order valence-electron chi connectivity index (χ2n) is 8.20. The molecule has 3 aliphatic rings. The first-order valence-electron chi connectivity index (χ1n) is 10.1. The van der Waals surface area contributed by atoms with E-state index in [1.54, 1.807) is 11.3 Å². The molecule has 2 amide bonds. The summed E-state index contributed by atoms with van der Waals surface area (Å²) in [5.74, 6) is 1.06. The zero-order valence-electron chi connectivity index (χ0n) is 16.0. The second-order valence-corrected chi connectivity index (χ2v) is 9.23. The van der Waals surface area contributed by atoms with Gasteiger partial charge in [0.25, 0.3) is 0 Å². The molecule has 1 aromatic heterocycles. The summed E-state index contributed by atoms with van der Waals surface area (Å²) in [4.78, 5) is 30.9. The Hall–Kier alpha value is -1.44. The van der Waals surface area contributed by atoms with Crippen molar-refractivity contribution < 1.29 is 9.59 Å². The predicted octanol–water partition coefficient (Wildman–Crippen LogP) is 1.43. The molecular formula is C20H30N4O2S. The molecule has 27 heavy (non-hydrogen) atoms. The molecule has 3 atom stereocenters. The SMILES string of the molecule is CN1C(CCC(=O)NCc2cccs2)CNC(=O)C2C1CCN2CC1CC1. The molecule has 6 nitrogen and oxygen atoms in total. The van der Waals surface area contributed by atoms with Crippen molar-refractivity contribution in [2.24, 2.45) is 5.92 Å². The fourth-order valence-electron chi connectivity index (χ4n) is 4.47. The third-order valence-electron chi connectivity index (χ3n) is 6.28. The van der Waals surface area contributed by atoms with E-state index in [9.17, 15) is 9.59 Å². The highest BCUT2D eigenvalue weighted by molar-refractivity contribution is 7.09. The van der Waals surface area contributed by atoms with E-state index in [2.05, 4.69) is 27.5 Å². The number of likely N-dealkylation sites (N-methyl/N-ethyl adjacent to an activating group) is 1. The topological polar surface area (TPSA) is 64.7 Å². The second kappa shape index (κ2) is 8.29. The Balaban J connectivity index is 1.30. The molecule has 3 unspecified atom stereocenters. The molecule has 3 fully saturated rings. The summed E-state index contributed by atoms with van der Waals surface area (Å²) in [7, 11) is 2.13. The van der Waals surface area contributed by atoms with E-state index in [0.29, 0.717) is 19.5 Å². The number of thiophene rings is 1. The van der Waals surface area contributed by atoms with Crippen molar-refractivity contribution in [1.82, 2.24) is 20.4 Å². The lowest BCUT2D eigenvalue weighted by Gasteiger charge is -2.33. The number of amides is 2. The Kier molecular flexibility index (Phi) is 5.80. The molecule has 0 radical (unpaired) electrons. The lowest BCUT2D eigenvalue weighted by atomic mass is 10.0. The molecule has 7 heteroatoms. The summed E-state index contributed by atoms with van der Waals surface area (Å²) in [6, 6.07) is 4.50. The van der Waals surface area contributed by atoms with Crippen molar-refractivity contribution in [2.75, 3.05) is 26.7 Å². The summed E-state index contributed by atoms with van der Waals surface area (Å²) < 4.78 is 0. The van der Waals surface area contributed by atoms with Crippen LogP contribution in [-0.4, -0.2) is 66.4 Å². The minimum atomic E-state index is -0.0201. The van der Waals surface area contributed by atoms with Crippen LogP contribution in [0.25, 0.3) is 0 Å². The van der Waals surface area contributed by atoms with E-state index in [4.69, 9.17) is 0 Å². The summed E-state index contributed by atoms with van der Waals surface area (Å²) in [6.07, 6.45) is 4.95. The number of likely N-dealkylation sites (tertiary alicyclic amines) is 1. The minimum absolute atomic E-state index is 0.0201. The molecule has 1 aliphatic carbocycles. The molecule has 2 aliphatic heterocycles. The third kappa shape index (κ3) is 4.52. The molecule has 1 aromatic rings. The fraction of sp³-hybridized carbons (Fsp3) is 0.700. The quantitative estimate of drug-likeness (QED) is 0.739. The Bertz CT molecular complexity index is 661. The average molecular weight is 391 g/mol. The monoisotopic (exact) mass is 390 g/mol. The van der Waals surface area contributed by atoms with Crippen molar-refractivity contribution in [3.05, 3.63) is 22.4 Å². The van der Waals surface area contributed by atoms with Gasteiger partial charge >= 0.3 is 0 Å². The Morgan fingerprint density at radius 2 is 2.22 bits per heavy atom. The van der Waals surface area contributed by atoms with Crippen LogP contribution in [0.1, 0.15) is 37.0 Å². The highest BCUT2D eigenvalue weighted by Gasteiger charge is 2.46.